The van der Waals surface area contributed by atoms with Crippen molar-refractivity contribution < 1.29 is 27.1 Å². The van der Waals surface area contributed by atoms with Gasteiger partial charge in [0.25, 0.3) is 0 Å². The number of rotatable bonds is 0. The van der Waals surface area contributed by atoms with E-state index in [1.54, 1.807) is 0 Å². The van der Waals surface area contributed by atoms with E-state index in [9.17, 15) is 0 Å². The van der Waals surface area contributed by atoms with Crippen LogP contribution in [0, 0.1) is 5.73 Å². The van der Waals surface area contributed by atoms with E-state index in [2.05, 4.69) is 0 Å². The van der Waals surface area contributed by atoms with E-state index in [-0.39, 0.29) is 22.4 Å². The van der Waals surface area contributed by atoms with Crippen molar-refractivity contribution >= 4 is 10.2 Å². The molecule has 1 rings (SSSR count). The Hall–Kier alpha value is 0.917. The zero-order chi connectivity index (χ0) is 5.11. The molecular weight excluding hydrogens is 285 g/mol. The first-order valence-corrected chi connectivity index (χ1v) is 3.85. The number of hydrogen-bond acceptors (Lipinski definition) is 1. The fourth-order valence-electron chi connectivity index (χ4n) is 0.795. The summed E-state index contributed by atoms with van der Waals surface area (Å²) < 4.78 is 5.26. The van der Waals surface area contributed by atoms with Crippen molar-refractivity contribution in [2.24, 2.45) is 0 Å². The maximum Gasteiger partial charge on any atom is 0.0111 e. The Kier molecular flexibility index (Phi) is 5.31. The van der Waals surface area contributed by atoms with Crippen LogP contribution in [0.2, 0.25) is 0 Å². The van der Waals surface area contributed by atoms with Crippen LogP contribution in [0.4, 0.5) is 0 Å². The van der Waals surface area contributed by atoms with Crippen molar-refractivity contribution in [2.75, 3.05) is 6.61 Å². The number of ether oxygens (including phenoxy) is 1. The average Bonchev–Trinajstić information content (AvgIpc) is 1.69. The molecule has 0 atom stereocenters. The van der Waals surface area contributed by atoms with Gasteiger partial charge in [0.15, 0.2) is 0 Å². The van der Waals surface area contributed by atoms with E-state index < -0.39 is 0 Å². The molecular formula is C5H11OSiTa-. The van der Waals surface area contributed by atoms with Gasteiger partial charge in [0.1, 0.15) is 0 Å². The van der Waals surface area contributed by atoms with Crippen LogP contribution < -0.4 is 0 Å². The second kappa shape index (κ2) is 4.76. The molecule has 0 spiro atoms. The minimum Gasteiger partial charge on any atom is -0.551 e. The summed E-state index contributed by atoms with van der Waals surface area (Å²) >= 11 is 0. The Bertz CT molecular complexity index is 54.4. The van der Waals surface area contributed by atoms with Crippen LogP contribution in [0.3, 0.4) is 0 Å². The first kappa shape index (κ1) is 8.92. The van der Waals surface area contributed by atoms with Gasteiger partial charge in [-0.2, -0.15) is 6.42 Å². The maximum absolute atomic E-state index is 5.26. The molecule has 1 aliphatic heterocycles. The van der Waals surface area contributed by atoms with Crippen LogP contribution in [-0.4, -0.2) is 16.8 Å². The molecule has 0 unspecified atom stereocenters. The van der Waals surface area contributed by atoms with Crippen molar-refractivity contribution in [1.29, 1.82) is 0 Å². The monoisotopic (exact) mass is 296 g/mol. The molecule has 1 radical (unpaired) electrons. The molecule has 0 aliphatic carbocycles. The molecule has 1 saturated heterocycles. The fraction of sp³-hybridized carbons (Fsp3) is 0.800. The standard InChI is InChI=1S/C5H11OSi.Ta/c7-5-3-1-2-4-6-5;/h1-4H2,7H3;/q-1;. The molecule has 1 fully saturated rings. The van der Waals surface area contributed by atoms with Gasteiger partial charge in [-0.15, -0.1) is 10.2 Å². The van der Waals surface area contributed by atoms with Crippen molar-refractivity contribution in [2.45, 2.75) is 19.3 Å². The first-order valence-electron chi connectivity index (χ1n) is 2.85. The van der Waals surface area contributed by atoms with Gasteiger partial charge in [-0.1, -0.05) is 6.42 Å². The van der Waals surface area contributed by atoms with E-state index in [4.69, 9.17) is 4.74 Å². The Morgan fingerprint density at radius 1 is 1.38 bits per heavy atom. The zero-order valence-electron chi connectivity index (χ0n) is 5.18. The van der Waals surface area contributed by atoms with Crippen LogP contribution in [0.15, 0.2) is 0 Å². The molecule has 3 heteroatoms. The summed E-state index contributed by atoms with van der Waals surface area (Å²) in [6, 6.07) is 0. The minimum absolute atomic E-state index is 0. The van der Waals surface area contributed by atoms with Crippen LogP contribution in [0.1, 0.15) is 19.3 Å². The topological polar surface area (TPSA) is 9.23 Å². The Labute approximate surface area is 69.1 Å². The smallest absolute Gasteiger partial charge is 0.0111 e. The molecule has 47 valence electrons. The van der Waals surface area contributed by atoms with Gasteiger partial charge in [-0.3, -0.25) is 0 Å². The summed E-state index contributed by atoms with van der Waals surface area (Å²) in [4.78, 5) is 0. The third-order valence-corrected chi connectivity index (χ3v) is 2.06. The van der Waals surface area contributed by atoms with E-state index in [0.717, 1.165) is 16.8 Å². The van der Waals surface area contributed by atoms with E-state index in [0.29, 0.717) is 0 Å². The van der Waals surface area contributed by atoms with Gasteiger partial charge in [-0.25, -0.2) is 5.73 Å². The molecule has 0 aromatic carbocycles. The third kappa shape index (κ3) is 3.05. The summed E-state index contributed by atoms with van der Waals surface area (Å²) in [7, 11) is 1.15. The van der Waals surface area contributed by atoms with Gasteiger partial charge in [-0.05, 0) is 6.42 Å². The van der Waals surface area contributed by atoms with Crippen LogP contribution >= 0.6 is 0 Å². The van der Waals surface area contributed by atoms with Crippen molar-refractivity contribution in [3.05, 3.63) is 5.73 Å². The Morgan fingerprint density at radius 3 is 2.38 bits per heavy atom. The van der Waals surface area contributed by atoms with Gasteiger partial charge < -0.3 is 4.74 Å². The maximum atomic E-state index is 5.26. The average molecular weight is 296 g/mol. The molecule has 8 heavy (non-hydrogen) atoms. The largest absolute Gasteiger partial charge is 0.551 e. The van der Waals surface area contributed by atoms with E-state index in [1.165, 1.54) is 25.0 Å². The second-order valence-electron chi connectivity index (χ2n) is 2.01. The molecule has 1 nitrogen and oxygen atoms in total. The van der Waals surface area contributed by atoms with Crippen molar-refractivity contribution in [1.82, 2.24) is 0 Å². The molecule has 0 aromatic rings. The fourth-order valence-corrected chi connectivity index (χ4v) is 1.35. The van der Waals surface area contributed by atoms with Crippen molar-refractivity contribution in [3.8, 4) is 0 Å². The van der Waals surface area contributed by atoms with E-state index in [1.807, 2.05) is 0 Å². The van der Waals surface area contributed by atoms with Gasteiger partial charge in [0, 0.05) is 29.0 Å². The molecule has 0 N–H and O–H groups in total. The predicted molar refractivity (Wildman–Crippen MR) is 33.0 cm³/mol. The minimum atomic E-state index is 0. The molecule has 0 amide bonds. The molecule has 1 aliphatic rings. The van der Waals surface area contributed by atoms with Crippen molar-refractivity contribution in [3.63, 3.8) is 0 Å². The molecule has 0 saturated carbocycles. The summed E-state index contributed by atoms with van der Waals surface area (Å²) in [5, 5.41) is 0. The summed E-state index contributed by atoms with van der Waals surface area (Å²) in [5.74, 6) is 0. The molecule has 0 bridgehead atoms. The Balaban J connectivity index is 0.000000490. The van der Waals surface area contributed by atoms with Crippen LogP contribution in [-0.2, 0) is 27.1 Å². The third-order valence-electron chi connectivity index (χ3n) is 1.27. The van der Waals surface area contributed by atoms with Crippen LogP contribution in [0.5, 0.6) is 0 Å². The van der Waals surface area contributed by atoms with E-state index >= 15 is 0 Å². The zero-order valence-corrected chi connectivity index (χ0v) is 10.4. The second-order valence-corrected chi connectivity index (χ2v) is 3.12. The summed E-state index contributed by atoms with van der Waals surface area (Å²) in [6.07, 6.45) is 3.87. The SMILES string of the molecule is [SiH3][C-]1CCCCO1.[Ta]. The van der Waals surface area contributed by atoms with Gasteiger partial charge >= 0.3 is 0 Å². The molecule has 1 heterocycles. The van der Waals surface area contributed by atoms with Gasteiger partial charge in [0.2, 0.25) is 0 Å². The van der Waals surface area contributed by atoms with Crippen LogP contribution in [0.25, 0.3) is 0 Å². The molecule has 0 aromatic heterocycles. The predicted octanol–water partition coefficient (Wildman–Crippen LogP) is 0.0393. The van der Waals surface area contributed by atoms with Gasteiger partial charge in [0.05, 0.1) is 0 Å². The first-order chi connectivity index (χ1) is 3.39. The Morgan fingerprint density at radius 2 is 2.12 bits per heavy atom. The summed E-state index contributed by atoms with van der Waals surface area (Å²) in [5.41, 5.74) is 1.35. The normalized spacial score (nSPS) is 22.5. The summed E-state index contributed by atoms with van der Waals surface area (Å²) in [6.45, 7) is 0.985. The number of hydrogen-bond donors (Lipinski definition) is 0. The quantitative estimate of drug-likeness (QED) is 0.453.